The van der Waals surface area contributed by atoms with Gasteiger partial charge in [-0.3, -0.25) is 0 Å². The highest BCUT2D eigenvalue weighted by Gasteiger charge is 2.18. The molecular weight excluding hydrogens is 220 g/mol. The van der Waals surface area contributed by atoms with E-state index < -0.39 is 17.6 Å². The Morgan fingerprint density at radius 1 is 1.31 bits per heavy atom. The molecule has 0 radical (unpaired) electrons. The molecule has 0 saturated carbocycles. The summed E-state index contributed by atoms with van der Waals surface area (Å²) in [5.41, 5.74) is -0.222. The van der Waals surface area contributed by atoms with Gasteiger partial charge in [-0.05, 0) is 18.2 Å². The van der Waals surface area contributed by atoms with Crippen LogP contribution in [-0.2, 0) is 0 Å². The zero-order chi connectivity index (χ0) is 11.7. The minimum atomic E-state index is -1.30. The lowest BCUT2D eigenvalue weighted by atomic mass is 10.1. The van der Waals surface area contributed by atoms with E-state index in [-0.39, 0.29) is 17.0 Å². The number of rotatable bonds is 2. The molecule has 0 saturated heterocycles. The van der Waals surface area contributed by atoms with Crippen molar-refractivity contribution in [3.63, 3.8) is 0 Å². The highest BCUT2D eigenvalue weighted by atomic mass is 19.2. The summed E-state index contributed by atoms with van der Waals surface area (Å²) in [6.07, 6.45) is 0.931. The van der Waals surface area contributed by atoms with Gasteiger partial charge in [0, 0.05) is 5.56 Å². The summed E-state index contributed by atoms with van der Waals surface area (Å²) in [6.45, 7) is 0. The Balaban J connectivity index is 2.54. The van der Waals surface area contributed by atoms with Gasteiger partial charge in [0.2, 0.25) is 0 Å². The number of oxazole rings is 1. The molecule has 16 heavy (non-hydrogen) atoms. The Bertz CT molecular complexity index is 551. The monoisotopic (exact) mass is 225 g/mol. The predicted octanol–water partition coefficient (Wildman–Crippen LogP) is 2.32. The highest BCUT2D eigenvalue weighted by molar-refractivity contribution is 5.92. The van der Waals surface area contributed by atoms with E-state index >= 15 is 0 Å². The molecule has 0 bridgehead atoms. The fraction of sp³-hybridized carbons (Fsp3) is 0. The van der Waals surface area contributed by atoms with Crippen molar-refractivity contribution < 1.29 is 23.1 Å². The number of aromatic carboxylic acids is 1. The van der Waals surface area contributed by atoms with Gasteiger partial charge in [-0.25, -0.2) is 18.6 Å². The summed E-state index contributed by atoms with van der Waals surface area (Å²) in [4.78, 5) is 14.2. The van der Waals surface area contributed by atoms with Crippen LogP contribution in [0.5, 0.6) is 0 Å². The standard InChI is InChI=1S/C10H5F2NO3/c11-6-2-1-5(3-7(6)12)9-8(10(14)15)13-4-16-9/h1-4H,(H,14,15). The van der Waals surface area contributed by atoms with E-state index in [0.29, 0.717) is 0 Å². The molecule has 6 heteroatoms. The van der Waals surface area contributed by atoms with Crippen molar-refractivity contribution in [2.75, 3.05) is 0 Å². The molecule has 1 N–H and O–H groups in total. The fourth-order valence-corrected chi connectivity index (χ4v) is 1.24. The lowest BCUT2D eigenvalue weighted by molar-refractivity contribution is 0.0691. The third kappa shape index (κ3) is 1.65. The minimum absolute atomic E-state index is 0.105. The molecule has 2 rings (SSSR count). The van der Waals surface area contributed by atoms with Crippen LogP contribution in [0.2, 0.25) is 0 Å². The first-order chi connectivity index (χ1) is 7.59. The minimum Gasteiger partial charge on any atom is -0.476 e. The van der Waals surface area contributed by atoms with Gasteiger partial charge in [-0.1, -0.05) is 0 Å². The first-order valence-electron chi connectivity index (χ1n) is 4.22. The van der Waals surface area contributed by atoms with Crippen molar-refractivity contribution in [3.05, 3.63) is 41.9 Å². The van der Waals surface area contributed by atoms with Gasteiger partial charge >= 0.3 is 5.97 Å². The third-order valence-corrected chi connectivity index (χ3v) is 1.95. The van der Waals surface area contributed by atoms with E-state index in [2.05, 4.69) is 4.98 Å². The van der Waals surface area contributed by atoms with E-state index in [1.807, 2.05) is 0 Å². The molecule has 82 valence electrons. The van der Waals surface area contributed by atoms with Gasteiger partial charge < -0.3 is 9.52 Å². The van der Waals surface area contributed by atoms with Crippen LogP contribution in [0.1, 0.15) is 10.5 Å². The highest BCUT2D eigenvalue weighted by Crippen LogP contribution is 2.24. The van der Waals surface area contributed by atoms with E-state index in [0.717, 1.165) is 18.5 Å². The fourth-order valence-electron chi connectivity index (χ4n) is 1.24. The van der Waals surface area contributed by atoms with Crippen molar-refractivity contribution in [1.29, 1.82) is 0 Å². The second-order valence-electron chi connectivity index (χ2n) is 2.96. The first-order valence-corrected chi connectivity index (χ1v) is 4.22. The summed E-state index contributed by atoms with van der Waals surface area (Å²) in [5, 5.41) is 8.75. The molecule has 0 aliphatic heterocycles. The van der Waals surface area contributed by atoms with Crippen LogP contribution in [0.3, 0.4) is 0 Å². The maximum Gasteiger partial charge on any atom is 0.358 e. The number of halogens is 2. The largest absolute Gasteiger partial charge is 0.476 e. The summed E-state index contributed by atoms with van der Waals surface area (Å²) >= 11 is 0. The number of hydrogen-bond donors (Lipinski definition) is 1. The first kappa shape index (κ1) is 10.3. The Hall–Kier alpha value is -2.24. The molecule has 0 atom stereocenters. The normalized spacial score (nSPS) is 10.4. The predicted molar refractivity (Wildman–Crippen MR) is 48.8 cm³/mol. The summed E-state index contributed by atoms with van der Waals surface area (Å²) in [5.74, 6) is -3.50. The van der Waals surface area contributed by atoms with Gasteiger partial charge in [0.25, 0.3) is 0 Å². The zero-order valence-corrected chi connectivity index (χ0v) is 7.78. The molecule has 0 amide bonds. The van der Waals surface area contributed by atoms with Crippen LogP contribution in [-0.4, -0.2) is 16.1 Å². The number of carbonyl (C=O) groups is 1. The second-order valence-corrected chi connectivity index (χ2v) is 2.96. The molecular formula is C10H5F2NO3. The number of carboxylic acid groups (broad SMARTS) is 1. The van der Waals surface area contributed by atoms with Crippen molar-refractivity contribution in [1.82, 2.24) is 4.98 Å². The maximum absolute atomic E-state index is 12.9. The quantitative estimate of drug-likeness (QED) is 0.851. The van der Waals surface area contributed by atoms with E-state index in [1.165, 1.54) is 6.07 Å². The molecule has 4 nitrogen and oxygen atoms in total. The summed E-state index contributed by atoms with van der Waals surface area (Å²) in [7, 11) is 0. The average molecular weight is 225 g/mol. The van der Waals surface area contributed by atoms with Crippen LogP contribution in [0, 0.1) is 11.6 Å². The van der Waals surface area contributed by atoms with E-state index in [1.54, 1.807) is 0 Å². The molecule has 2 aromatic rings. The number of carboxylic acids is 1. The van der Waals surface area contributed by atoms with E-state index in [4.69, 9.17) is 9.52 Å². The Morgan fingerprint density at radius 3 is 2.69 bits per heavy atom. The number of nitrogens with zero attached hydrogens (tertiary/aromatic N) is 1. The molecule has 0 unspecified atom stereocenters. The van der Waals surface area contributed by atoms with Crippen molar-refractivity contribution >= 4 is 5.97 Å². The van der Waals surface area contributed by atoms with Crippen LogP contribution in [0.25, 0.3) is 11.3 Å². The molecule has 1 heterocycles. The van der Waals surface area contributed by atoms with Crippen LogP contribution >= 0.6 is 0 Å². The number of aromatic nitrogens is 1. The van der Waals surface area contributed by atoms with Crippen LogP contribution in [0.15, 0.2) is 29.0 Å². The van der Waals surface area contributed by atoms with Gasteiger partial charge in [0.1, 0.15) is 0 Å². The van der Waals surface area contributed by atoms with Crippen molar-refractivity contribution in [2.45, 2.75) is 0 Å². The number of benzene rings is 1. The Kier molecular flexibility index (Phi) is 2.40. The topological polar surface area (TPSA) is 63.3 Å². The van der Waals surface area contributed by atoms with Crippen LogP contribution < -0.4 is 0 Å². The SMILES string of the molecule is O=C(O)c1ncoc1-c1ccc(F)c(F)c1. The maximum atomic E-state index is 12.9. The van der Waals surface area contributed by atoms with E-state index in [9.17, 15) is 13.6 Å². The lowest BCUT2D eigenvalue weighted by Crippen LogP contribution is -1.98. The zero-order valence-electron chi connectivity index (χ0n) is 7.78. The molecule has 0 aliphatic carbocycles. The third-order valence-electron chi connectivity index (χ3n) is 1.95. The average Bonchev–Trinajstić information content (AvgIpc) is 2.71. The summed E-state index contributed by atoms with van der Waals surface area (Å²) < 4.78 is 30.4. The molecule has 0 aliphatic rings. The van der Waals surface area contributed by atoms with Gasteiger partial charge in [-0.15, -0.1) is 0 Å². The molecule has 0 spiro atoms. The lowest BCUT2D eigenvalue weighted by Gasteiger charge is -1.98. The molecule has 1 aromatic carbocycles. The number of hydrogen-bond acceptors (Lipinski definition) is 3. The second kappa shape index (κ2) is 3.73. The Labute approximate surface area is 88.2 Å². The molecule has 0 fully saturated rings. The van der Waals surface area contributed by atoms with Crippen molar-refractivity contribution in [3.8, 4) is 11.3 Å². The summed E-state index contributed by atoms with van der Waals surface area (Å²) in [6, 6.07) is 2.95. The Morgan fingerprint density at radius 2 is 2.06 bits per heavy atom. The van der Waals surface area contributed by atoms with Gasteiger partial charge in [0.05, 0.1) is 0 Å². The van der Waals surface area contributed by atoms with Gasteiger partial charge in [-0.2, -0.15) is 0 Å². The molecule has 1 aromatic heterocycles. The van der Waals surface area contributed by atoms with Crippen LogP contribution in [0.4, 0.5) is 8.78 Å². The van der Waals surface area contributed by atoms with Crippen molar-refractivity contribution in [2.24, 2.45) is 0 Å². The van der Waals surface area contributed by atoms with Gasteiger partial charge in [0.15, 0.2) is 29.5 Å². The smallest absolute Gasteiger partial charge is 0.358 e.